The molecular formula is C16H25N4O4S+. The first kappa shape index (κ1) is 19.2. The lowest BCUT2D eigenvalue weighted by molar-refractivity contribution is -0.856. The van der Waals surface area contributed by atoms with Crippen LogP contribution in [0.15, 0.2) is 18.2 Å². The minimum atomic E-state index is -3.24. The van der Waals surface area contributed by atoms with E-state index in [1.807, 2.05) is 14.1 Å². The van der Waals surface area contributed by atoms with E-state index in [2.05, 4.69) is 10.6 Å². The van der Waals surface area contributed by atoms with Crippen LogP contribution in [-0.2, 0) is 19.6 Å². The fourth-order valence-electron chi connectivity index (χ4n) is 2.56. The van der Waals surface area contributed by atoms with Gasteiger partial charge in [0, 0.05) is 12.2 Å². The Bertz CT molecular complexity index is 761. The molecule has 0 radical (unpaired) electrons. The maximum atomic E-state index is 12.0. The van der Waals surface area contributed by atoms with E-state index in [1.165, 1.54) is 9.21 Å². The number of nitrogens with zero attached hydrogens (tertiary/aromatic N) is 1. The number of anilines is 2. The van der Waals surface area contributed by atoms with E-state index in [1.54, 1.807) is 25.1 Å². The van der Waals surface area contributed by atoms with Crippen molar-refractivity contribution in [3.8, 4) is 0 Å². The van der Waals surface area contributed by atoms with Crippen molar-refractivity contribution in [1.82, 2.24) is 5.32 Å². The van der Waals surface area contributed by atoms with Crippen molar-refractivity contribution in [2.75, 3.05) is 49.1 Å². The molecule has 1 aromatic rings. The minimum Gasteiger partial charge on any atom is -0.342 e. The van der Waals surface area contributed by atoms with Crippen molar-refractivity contribution < 1.29 is 22.9 Å². The number of amides is 2. The largest absolute Gasteiger partial charge is 0.342 e. The molecule has 9 heteroatoms. The van der Waals surface area contributed by atoms with Crippen molar-refractivity contribution in [2.24, 2.45) is 0 Å². The van der Waals surface area contributed by atoms with Crippen molar-refractivity contribution >= 4 is 33.2 Å². The number of carbonyl (C=O) groups excluding carboxylic acids is 2. The number of quaternary nitrogens is 1. The van der Waals surface area contributed by atoms with Crippen molar-refractivity contribution in [1.29, 1.82) is 0 Å². The zero-order valence-electron chi connectivity index (χ0n) is 14.8. The molecule has 0 aliphatic carbocycles. The van der Waals surface area contributed by atoms with E-state index in [4.69, 9.17) is 0 Å². The maximum Gasteiger partial charge on any atom is 0.313 e. The van der Waals surface area contributed by atoms with Gasteiger partial charge < -0.3 is 15.5 Å². The van der Waals surface area contributed by atoms with Crippen molar-refractivity contribution in [3.05, 3.63) is 23.8 Å². The summed E-state index contributed by atoms with van der Waals surface area (Å²) in [4.78, 5) is 24.9. The first-order chi connectivity index (χ1) is 11.7. The first-order valence-corrected chi connectivity index (χ1v) is 9.81. The normalized spacial score (nSPS) is 16.1. The van der Waals surface area contributed by atoms with Gasteiger partial charge in [-0.25, -0.2) is 8.42 Å². The molecule has 0 saturated carbocycles. The van der Waals surface area contributed by atoms with Gasteiger partial charge in [0.15, 0.2) is 0 Å². The highest BCUT2D eigenvalue weighted by Gasteiger charge is 2.28. The SMILES string of the molecule is Cc1cc(N2CCCS2(=O)=O)ccc1NC(=O)C(=O)NCC[NH+](C)C. The number of sulfonamides is 1. The fraction of sp³-hybridized carbons (Fsp3) is 0.500. The van der Waals surface area contributed by atoms with E-state index >= 15 is 0 Å². The lowest BCUT2D eigenvalue weighted by Crippen LogP contribution is -3.06. The molecule has 1 saturated heterocycles. The summed E-state index contributed by atoms with van der Waals surface area (Å²) in [6.45, 7) is 3.36. The summed E-state index contributed by atoms with van der Waals surface area (Å²) < 4.78 is 25.3. The summed E-state index contributed by atoms with van der Waals surface area (Å²) in [7, 11) is 0.668. The van der Waals surface area contributed by atoms with Crippen LogP contribution in [0.25, 0.3) is 0 Å². The Hall–Kier alpha value is -2.13. The van der Waals surface area contributed by atoms with Gasteiger partial charge in [0.05, 0.1) is 38.6 Å². The molecule has 1 fully saturated rings. The molecule has 138 valence electrons. The number of carbonyl (C=O) groups is 2. The topological polar surface area (TPSA) is 100 Å². The molecule has 0 aromatic heterocycles. The molecule has 8 nitrogen and oxygen atoms in total. The molecule has 1 aliphatic heterocycles. The molecule has 25 heavy (non-hydrogen) atoms. The minimum absolute atomic E-state index is 0.152. The zero-order valence-corrected chi connectivity index (χ0v) is 15.6. The quantitative estimate of drug-likeness (QED) is 0.564. The average Bonchev–Trinajstić information content (AvgIpc) is 2.88. The Kier molecular flexibility index (Phi) is 6.02. The van der Waals surface area contributed by atoms with Gasteiger partial charge in [-0.15, -0.1) is 0 Å². The Morgan fingerprint density at radius 1 is 1.24 bits per heavy atom. The van der Waals surface area contributed by atoms with Crippen LogP contribution in [0.1, 0.15) is 12.0 Å². The predicted octanol–water partition coefficient (Wildman–Crippen LogP) is -1.27. The van der Waals surface area contributed by atoms with Crippen LogP contribution < -0.4 is 19.8 Å². The monoisotopic (exact) mass is 369 g/mol. The van der Waals surface area contributed by atoms with Gasteiger partial charge in [0.2, 0.25) is 10.0 Å². The second kappa shape index (κ2) is 7.83. The Morgan fingerprint density at radius 3 is 2.52 bits per heavy atom. The second-order valence-electron chi connectivity index (χ2n) is 6.41. The van der Waals surface area contributed by atoms with E-state index in [9.17, 15) is 18.0 Å². The molecular weight excluding hydrogens is 344 g/mol. The van der Waals surface area contributed by atoms with E-state index in [0.29, 0.717) is 36.4 Å². The highest BCUT2D eigenvalue weighted by atomic mass is 32.2. The van der Waals surface area contributed by atoms with Crippen molar-refractivity contribution in [2.45, 2.75) is 13.3 Å². The summed E-state index contributed by atoms with van der Waals surface area (Å²) in [5, 5.41) is 5.12. The summed E-state index contributed by atoms with van der Waals surface area (Å²) in [6, 6.07) is 4.96. The summed E-state index contributed by atoms with van der Waals surface area (Å²) in [5.41, 5.74) is 1.75. The van der Waals surface area contributed by atoms with Gasteiger partial charge in [-0.3, -0.25) is 13.9 Å². The molecule has 1 aromatic carbocycles. The molecule has 0 spiro atoms. The van der Waals surface area contributed by atoms with Gasteiger partial charge in [-0.05, 0) is 37.1 Å². The lowest BCUT2D eigenvalue weighted by atomic mass is 10.1. The van der Waals surface area contributed by atoms with E-state index < -0.39 is 21.8 Å². The third-order valence-electron chi connectivity index (χ3n) is 3.96. The third kappa shape index (κ3) is 4.93. The number of benzene rings is 1. The average molecular weight is 369 g/mol. The smallest absolute Gasteiger partial charge is 0.313 e. The van der Waals surface area contributed by atoms with Crippen LogP contribution in [0.3, 0.4) is 0 Å². The number of hydrogen-bond acceptors (Lipinski definition) is 4. The Balaban J connectivity index is 2.01. The number of aryl methyl sites for hydroxylation is 1. The molecule has 1 heterocycles. The second-order valence-corrected chi connectivity index (χ2v) is 8.42. The van der Waals surface area contributed by atoms with Crippen LogP contribution in [0.5, 0.6) is 0 Å². The van der Waals surface area contributed by atoms with Crippen LogP contribution in [0.4, 0.5) is 11.4 Å². The number of likely N-dealkylation sites (N-methyl/N-ethyl adjacent to an activating group) is 1. The van der Waals surface area contributed by atoms with Gasteiger partial charge in [-0.2, -0.15) is 0 Å². The van der Waals surface area contributed by atoms with E-state index in [0.717, 1.165) is 6.54 Å². The molecule has 0 bridgehead atoms. The van der Waals surface area contributed by atoms with Crippen LogP contribution in [0.2, 0.25) is 0 Å². The number of hydrogen-bond donors (Lipinski definition) is 3. The summed E-state index contributed by atoms with van der Waals surface area (Å²) in [6.07, 6.45) is 0.606. The van der Waals surface area contributed by atoms with Crippen molar-refractivity contribution in [3.63, 3.8) is 0 Å². The molecule has 0 atom stereocenters. The first-order valence-electron chi connectivity index (χ1n) is 8.20. The Morgan fingerprint density at radius 2 is 1.96 bits per heavy atom. The number of rotatable bonds is 5. The molecule has 2 amide bonds. The van der Waals surface area contributed by atoms with Gasteiger partial charge in [0.1, 0.15) is 0 Å². The highest BCUT2D eigenvalue weighted by Crippen LogP contribution is 2.27. The van der Waals surface area contributed by atoms with Crippen LogP contribution in [0, 0.1) is 6.92 Å². The summed E-state index contributed by atoms with van der Waals surface area (Å²) in [5.74, 6) is -1.27. The predicted molar refractivity (Wildman–Crippen MR) is 96.2 cm³/mol. The molecule has 2 rings (SSSR count). The molecule has 1 aliphatic rings. The third-order valence-corrected chi connectivity index (χ3v) is 5.83. The zero-order chi connectivity index (χ0) is 18.6. The van der Waals surface area contributed by atoms with Crippen LogP contribution in [-0.4, -0.2) is 59.7 Å². The maximum absolute atomic E-state index is 12.0. The summed E-state index contributed by atoms with van der Waals surface area (Å²) >= 11 is 0. The molecule has 3 N–H and O–H groups in total. The van der Waals surface area contributed by atoms with Crippen LogP contribution >= 0.6 is 0 Å². The number of nitrogens with one attached hydrogen (secondary N) is 3. The Labute approximate surface area is 148 Å². The fourth-order valence-corrected chi connectivity index (χ4v) is 4.11. The van der Waals surface area contributed by atoms with Gasteiger partial charge in [-0.1, -0.05) is 0 Å². The molecule has 0 unspecified atom stereocenters. The van der Waals surface area contributed by atoms with Gasteiger partial charge in [0.25, 0.3) is 0 Å². The highest BCUT2D eigenvalue weighted by molar-refractivity contribution is 7.93. The lowest BCUT2D eigenvalue weighted by Gasteiger charge is -2.18. The van der Waals surface area contributed by atoms with E-state index in [-0.39, 0.29) is 5.75 Å². The standard InChI is InChI=1S/C16H24N4O4S/c1-12-11-13(20-8-4-10-25(20,23)24)5-6-14(12)18-16(22)15(21)17-7-9-19(2)3/h5-6,11H,4,7-10H2,1-3H3,(H,17,21)(H,18,22)/p+1. The van der Waals surface area contributed by atoms with Gasteiger partial charge >= 0.3 is 11.8 Å².